The number of hydrogen-bond acceptors (Lipinski definition) is 0. The molecule has 0 N–H and O–H groups in total. The van der Waals surface area contributed by atoms with Crippen LogP contribution in [0.15, 0.2) is 103 Å². The molecule has 0 heterocycles. The molecule has 0 aromatic heterocycles. The summed E-state index contributed by atoms with van der Waals surface area (Å²) >= 11 is 0. The smallest absolute Gasteiger partial charge is 0.166 e. The molecule has 0 aliphatic rings. The van der Waals surface area contributed by atoms with Crippen LogP contribution in [0.3, 0.4) is 0 Å². The maximum absolute atomic E-state index is 14.4. The van der Waals surface area contributed by atoms with Gasteiger partial charge in [0.25, 0.3) is 0 Å². The SMILES string of the molecule is CC(C)(C)c1cc(-c2ccc(-c3c(-c4ccccc4C(F)(F)F)cc(C(F)(F)F)cc3-c3ccccc3C(F)(F)F)cc2)cc(C(C)(C)C)c1. The van der Waals surface area contributed by atoms with Crippen molar-refractivity contribution in [1.29, 1.82) is 0 Å². The van der Waals surface area contributed by atoms with Crippen LogP contribution in [0.5, 0.6) is 0 Å². The van der Waals surface area contributed by atoms with Crippen LogP contribution in [-0.4, -0.2) is 0 Å². The Hall–Kier alpha value is -4.53. The first-order valence-corrected chi connectivity index (χ1v) is 15.8. The fourth-order valence-electron chi connectivity index (χ4n) is 5.96. The summed E-state index contributed by atoms with van der Waals surface area (Å²) in [4.78, 5) is 0. The van der Waals surface area contributed by atoms with Crippen molar-refractivity contribution in [2.75, 3.05) is 0 Å². The maximum atomic E-state index is 14.4. The van der Waals surface area contributed by atoms with Crippen LogP contribution < -0.4 is 0 Å². The topological polar surface area (TPSA) is 0 Å². The number of benzene rings is 5. The Balaban J connectivity index is 1.87. The van der Waals surface area contributed by atoms with Crippen molar-refractivity contribution >= 4 is 0 Å². The standard InChI is InChI=1S/C41H35F9/c1-37(2,3)27-19-26(20-28(21-27)38(4,5)6)24-15-17-25(18-16-24)36-32(30-11-7-9-13-34(30)40(45,46)47)22-29(39(42,43)44)23-33(36)31-12-8-10-14-35(31)41(48,49)50/h7-23H,1-6H3. The first-order valence-electron chi connectivity index (χ1n) is 15.8. The van der Waals surface area contributed by atoms with Crippen molar-refractivity contribution in [3.8, 4) is 44.5 Å². The normalized spacial score (nSPS) is 13.1. The Morgan fingerprint density at radius 3 is 1.08 bits per heavy atom. The third-order valence-electron chi connectivity index (χ3n) is 8.68. The highest BCUT2D eigenvalue weighted by Crippen LogP contribution is 2.49. The van der Waals surface area contributed by atoms with Crippen LogP contribution in [0, 0.1) is 0 Å². The summed E-state index contributed by atoms with van der Waals surface area (Å²) in [6.45, 7) is 12.5. The van der Waals surface area contributed by atoms with E-state index in [0.29, 0.717) is 17.7 Å². The van der Waals surface area contributed by atoms with Gasteiger partial charge >= 0.3 is 18.5 Å². The lowest BCUT2D eigenvalue weighted by Gasteiger charge is -2.26. The summed E-state index contributed by atoms with van der Waals surface area (Å²) in [6.07, 6.45) is -15.0. The second kappa shape index (κ2) is 12.7. The molecule has 0 fully saturated rings. The van der Waals surface area contributed by atoms with E-state index < -0.39 is 57.5 Å². The van der Waals surface area contributed by atoms with E-state index in [-0.39, 0.29) is 22.0 Å². The molecule has 5 aromatic carbocycles. The molecule has 0 nitrogen and oxygen atoms in total. The molecule has 0 amide bonds. The fraction of sp³-hybridized carbons (Fsp3) is 0.268. The Morgan fingerprint density at radius 2 is 0.720 bits per heavy atom. The minimum absolute atomic E-state index is 0.143. The van der Waals surface area contributed by atoms with E-state index >= 15 is 0 Å². The van der Waals surface area contributed by atoms with E-state index in [2.05, 4.69) is 47.6 Å². The first-order chi connectivity index (χ1) is 23.0. The minimum atomic E-state index is -5.09. The van der Waals surface area contributed by atoms with Crippen LogP contribution in [0.25, 0.3) is 44.5 Å². The zero-order valence-corrected chi connectivity index (χ0v) is 28.2. The summed E-state index contributed by atoms with van der Waals surface area (Å²) in [5.41, 5.74) is -2.82. The van der Waals surface area contributed by atoms with E-state index in [9.17, 15) is 39.5 Å². The molecule has 0 radical (unpaired) electrons. The van der Waals surface area contributed by atoms with Crippen molar-refractivity contribution in [1.82, 2.24) is 0 Å². The summed E-state index contributed by atoms with van der Waals surface area (Å²) < 4.78 is 129. The molecule has 50 heavy (non-hydrogen) atoms. The van der Waals surface area contributed by atoms with Crippen LogP contribution in [0.2, 0.25) is 0 Å². The van der Waals surface area contributed by atoms with Gasteiger partial charge in [0.2, 0.25) is 0 Å². The zero-order valence-electron chi connectivity index (χ0n) is 28.2. The molecule has 5 aromatic rings. The first kappa shape index (κ1) is 36.7. The van der Waals surface area contributed by atoms with Crippen molar-refractivity contribution < 1.29 is 39.5 Å². The molecular formula is C41H35F9. The molecule has 9 heteroatoms. The molecule has 0 aliphatic carbocycles. The maximum Gasteiger partial charge on any atom is 0.417 e. The molecule has 0 bridgehead atoms. The van der Waals surface area contributed by atoms with Gasteiger partial charge in [-0.3, -0.25) is 0 Å². The van der Waals surface area contributed by atoms with Crippen molar-refractivity contribution in [2.24, 2.45) is 0 Å². The third kappa shape index (κ3) is 7.62. The van der Waals surface area contributed by atoms with Gasteiger partial charge in [0.1, 0.15) is 0 Å². The second-order valence-corrected chi connectivity index (χ2v) is 14.4. The average molecular weight is 699 g/mol. The van der Waals surface area contributed by atoms with Gasteiger partial charge in [-0.25, -0.2) is 0 Å². The minimum Gasteiger partial charge on any atom is -0.166 e. The lowest BCUT2D eigenvalue weighted by atomic mass is 9.78. The lowest BCUT2D eigenvalue weighted by Crippen LogP contribution is -2.16. The Morgan fingerprint density at radius 1 is 0.340 bits per heavy atom. The number of halogens is 9. The zero-order chi connectivity index (χ0) is 37.0. The number of rotatable bonds is 4. The molecule has 0 unspecified atom stereocenters. The molecule has 0 atom stereocenters. The average Bonchev–Trinajstić information content (AvgIpc) is 3.02. The molecule has 262 valence electrons. The lowest BCUT2D eigenvalue weighted by molar-refractivity contribution is -0.137. The van der Waals surface area contributed by atoms with Gasteiger partial charge in [-0.05, 0) is 90.7 Å². The molecular weight excluding hydrogens is 663 g/mol. The quantitative estimate of drug-likeness (QED) is 0.164. The Kier molecular flexibility index (Phi) is 9.30. The second-order valence-electron chi connectivity index (χ2n) is 14.4. The molecule has 0 saturated carbocycles. The predicted molar refractivity (Wildman–Crippen MR) is 181 cm³/mol. The van der Waals surface area contributed by atoms with E-state index in [4.69, 9.17) is 0 Å². The highest BCUT2D eigenvalue weighted by molar-refractivity contribution is 5.97. The largest absolute Gasteiger partial charge is 0.417 e. The Bertz CT molecular complexity index is 1900. The van der Waals surface area contributed by atoms with Gasteiger partial charge in [-0.15, -0.1) is 0 Å². The predicted octanol–water partition coefficient (Wildman–Crippen LogP) is 14.0. The summed E-state index contributed by atoms with van der Waals surface area (Å²) in [7, 11) is 0. The van der Waals surface area contributed by atoms with E-state index in [1.807, 2.05) is 12.1 Å². The highest BCUT2D eigenvalue weighted by Gasteiger charge is 2.39. The molecule has 0 aliphatic heterocycles. The third-order valence-corrected chi connectivity index (χ3v) is 8.68. The monoisotopic (exact) mass is 698 g/mol. The van der Waals surface area contributed by atoms with Gasteiger partial charge in [0.15, 0.2) is 0 Å². The van der Waals surface area contributed by atoms with Gasteiger partial charge in [-0.2, -0.15) is 39.5 Å². The van der Waals surface area contributed by atoms with Crippen LogP contribution >= 0.6 is 0 Å². The van der Waals surface area contributed by atoms with Crippen LogP contribution in [-0.2, 0) is 29.4 Å². The summed E-state index contributed by atoms with van der Waals surface area (Å²) in [5.74, 6) is 0. The molecule has 0 spiro atoms. The van der Waals surface area contributed by atoms with Gasteiger partial charge < -0.3 is 0 Å². The van der Waals surface area contributed by atoms with E-state index in [1.54, 1.807) is 12.1 Å². The van der Waals surface area contributed by atoms with Crippen LogP contribution in [0.1, 0.15) is 69.4 Å². The number of hydrogen-bond donors (Lipinski definition) is 0. The van der Waals surface area contributed by atoms with E-state index in [0.717, 1.165) is 53.1 Å². The fourth-order valence-corrected chi connectivity index (χ4v) is 5.96. The van der Waals surface area contributed by atoms with Gasteiger partial charge in [0, 0.05) is 0 Å². The van der Waals surface area contributed by atoms with Crippen molar-refractivity contribution in [2.45, 2.75) is 70.9 Å². The summed E-state index contributed by atoms with van der Waals surface area (Å²) in [6, 6.07) is 22.0. The van der Waals surface area contributed by atoms with Crippen molar-refractivity contribution in [3.05, 3.63) is 131 Å². The van der Waals surface area contributed by atoms with Gasteiger partial charge in [-0.1, -0.05) is 120 Å². The van der Waals surface area contributed by atoms with Crippen LogP contribution in [0.4, 0.5) is 39.5 Å². The number of alkyl halides is 9. The van der Waals surface area contributed by atoms with Gasteiger partial charge in [0.05, 0.1) is 16.7 Å². The Labute approximate surface area is 285 Å². The molecule has 0 saturated heterocycles. The molecule has 5 rings (SSSR count). The highest BCUT2D eigenvalue weighted by atomic mass is 19.4. The van der Waals surface area contributed by atoms with Crippen molar-refractivity contribution in [3.63, 3.8) is 0 Å². The van der Waals surface area contributed by atoms with E-state index in [1.165, 1.54) is 24.3 Å². The summed E-state index contributed by atoms with van der Waals surface area (Å²) in [5, 5.41) is 0.